The SMILES string of the molecule is CCN1CCN(c2nc(-c3ccc(C4CCOCC4)s3)cc3ccccc23)CC1.Cl. The molecule has 0 unspecified atom stereocenters. The molecule has 2 fully saturated rings. The molecule has 4 heterocycles. The van der Waals surface area contributed by atoms with Crippen molar-refractivity contribution < 1.29 is 4.74 Å². The summed E-state index contributed by atoms with van der Waals surface area (Å²) in [4.78, 5) is 13.0. The Kier molecular flexibility index (Phi) is 6.94. The largest absolute Gasteiger partial charge is 0.381 e. The molecule has 0 radical (unpaired) electrons. The van der Waals surface area contributed by atoms with Crippen molar-refractivity contribution in [3.05, 3.63) is 47.3 Å². The van der Waals surface area contributed by atoms with E-state index >= 15 is 0 Å². The van der Waals surface area contributed by atoms with Crippen LogP contribution in [0.15, 0.2) is 42.5 Å². The van der Waals surface area contributed by atoms with Gasteiger partial charge in [0, 0.05) is 49.7 Å². The molecule has 0 aliphatic carbocycles. The fraction of sp³-hybridized carbons (Fsp3) is 0.458. The van der Waals surface area contributed by atoms with E-state index in [0.29, 0.717) is 5.92 Å². The van der Waals surface area contributed by atoms with E-state index in [9.17, 15) is 0 Å². The van der Waals surface area contributed by atoms with Crippen molar-refractivity contribution in [3.63, 3.8) is 0 Å². The Hall–Kier alpha value is -1.66. The molecular weight excluding hydrogens is 414 g/mol. The number of aromatic nitrogens is 1. The highest BCUT2D eigenvalue weighted by Gasteiger charge is 2.21. The number of benzene rings is 1. The molecule has 5 rings (SSSR count). The summed E-state index contributed by atoms with van der Waals surface area (Å²) in [6.45, 7) is 9.48. The maximum Gasteiger partial charge on any atom is 0.137 e. The first-order valence-corrected chi connectivity index (χ1v) is 11.7. The van der Waals surface area contributed by atoms with Gasteiger partial charge in [-0.2, -0.15) is 0 Å². The van der Waals surface area contributed by atoms with Crippen LogP contribution >= 0.6 is 23.7 Å². The molecule has 0 N–H and O–H groups in total. The van der Waals surface area contributed by atoms with Crippen molar-refractivity contribution in [2.24, 2.45) is 0 Å². The van der Waals surface area contributed by atoms with Gasteiger partial charge in [-0.15, -0.1) is 23.7 Å². The zero-order chi connectivity index (χ0) is 19.6. The van der Waals surface area contributed by atoms with Gasteiger partial charge < -0.3 is 14.5 Å². The molecule has 2 aromatic heterocycles. The highest BCUT2D eigenvalue weighted by Crippen LogP contribution is 2.38. The van der Waals surface area contributed by atoms with Crippen LogP contribution in [0.25, 0.3) is 21.3 Å². The van der Waals surface area contributed by atoms with Gasteiger partial charge in [0.2, 0.25) is 0 Å². The predicted molar refractivity (Wildman–Crippen MR) is 129 cm³/mol. The van der Waals surface area contributed by atoms with Gasteiger partial charge in [0.1, 0.15) is 5.82 Å². The summed E-state index contributed by atoms with van der Waals surface area (Å²) in [6, 6.07) is 15.5. The highest BCUT2D eigenvalue weighted by atomic mass is 35.5. The van der Waals surface area contributed by atoms with Gasteiger partial charge in [0.25, 0.3) is 0 Å². The fourth-order valence-corrected chi connectivity index (χ4v) is 5.65. The minimum atomic E-state index is 0. The third kappa shape index (κ3) is 4.35. The molecule has 30 heavy (non-hydrogen) atoms. The van der Waals surface area contributed by atoms with Crippen molar-refractivity contribution >= 4 is 40.3 Å². The third-order valence-corrected chi connectivity index (χ3v) is 7.61. The smallest absolute Gasteiger partial charge is 0.137 e. The van der Waals surface area contributed by atoms with Crippen LogP contribution in [0.5, 0.6) is 0 Å². The van der Waals surface area contributed by atoms with Crippen molar-refractivity contribution in [1.82, 2.24) is 9.88 Å². The Balaban J connectivity index is 0.00000218. The number of piperazine rings is 1. The summed E-state index contributed by atoms with van der Waals surface area (Å²) in [7, 11) is 0. The Morgan fingerprint density at radius 2 is 1.80 bits per heavy atom. The number of anilines is 1. The number of rotatable bonds is 4. The Labute approximate surface area is 189 Å². The summed E-state index contributed by atoms with van der Waals surface area (Å²) in [5, 5.41) is 2.55. The van der Waals surface area contributed by atoms with E-state index < -0.39 is 0 Å². The first-order valence-electron chi connectivity index (χ1n) is 10.9. The molecule has 2 aliphatic rings. The minimum Gasteiger partial charge on any atom is -0.381 e. The number of fused-ring (bicyclic) bond motifs is 1. The molecule has 160 valence electrons. The van der Waals surface area contributed by atoms with E-state index in [1.165, 1.54) is 20.5 Å². The zero-order valence-corrected chi connectivity index (χ0v) is 19.2. The molecule has 2 aliphatic heterocycles. The van der Waals surface area contributed by atoms with E-state index in [1.54, 1.807) is 0 Å². The molecule has 3 aromatic rings. The maximum atomic E-state index is 5.54. The lowest BCUT2D eigenvalue weighted by Gasteiger charge is -2.35. The molecule has 6 heteroatoms. The van der Waals surface area contributed by atoms with Crippen LogP contribution in [-0.4, -0.2) is 55.8 Å². The number of thiophene rings is 1. The molecule has 0 spiro atoms. The molecule has 4 nitrogen and oxygen atoms in total. The lowest BCUT2D eigenvalue weighted by atomic mass is 9.99. The standard InChI is InChI=1S/C24H29N3OS.ClH/c1-2-26-11-13-27(14-12-26)24-20-6-4-3-5-19(20)17-21(25-24)23-8-7-22(29-23)18-9-15-28-16-10-18;/h3-8,17-18H,2,9-16H2,1H3;1H. The summed E-state index contributed by atoms with van der Waals surface area (Å²) in [5.74, 6) is 1.79. The second-order valence-corrected chi connectivity index (χ2v) is 9.18. The van der Waals surface area contributed by atoms with Crippen LogP contribution in [0, 0.1) is 0 Å². The summed E-state index contributed by atoms with van der Waals surface area (Å²) in [6.07, 6.45) is 2.27. The van der Waals surface area contributed by atoms with Crippen molar-refractivity contribution in [3.8, 4) is 10.6 Å². The number of ether oxygens (including phenoxy) is 1. The number of pyridine rings is 1. The number of hydrogen-bond donors (Lipinski definition) is 0. The number of halogens is 1. The van der Waals surface area contributed by atoms with Crippen LogP contribution in [0.1, 0.15) is 30.6 Å². The average molecular weight is 444 g/mol. The van der Waals surface area contributed by atoms with Gasteiger partial charge in [0.15, 0.2) is 0 Å². The average Bonchev–Trinajstić information content (AvgIpc) is 3.29. The third-order valence-electron chi connectivity index (χ3n) is 6.34. The maximum absolute atomic E-state index is 5.54. The van der Waals surface area contributed by atoms with Gasteiger partial charge >= 0.3 is 0 Å². The van der Waals surface area contributed by atoms with Gasteiger partial charge in [-0.25, -0.2) is 4.98 Å². The Morgan fingerprint density at radius 3 is 2.57 bits per heavy atom. The van der Waals surface area contributed by atoms with Crippen LogP contribution in [-0.2, 0) is 4.74 Å². The van der Waals surface area contributed by atoms with Crippen molar-refractivity contribution in [1.29, 1.82) is 0 Å². The number of likely N-dealkylation sites (N-methyl/N-ethyl adjacent to an activating group) is 1. The van der Waals surface area contributed by atoms with Gasteiger partial charge in [-0.1, -0.05) is 31.2 Å². The fourth-order valence-electron chi connectivity index (χ4n) is 4.52. The quantitative estimate of drug-likeness (QED) is 0.538. The van der Waals surface area contributed by atoms with Crippen molar-refractivity contribution in [2.45, 2.75) is 25.7 Å². The minimum absolute atomic E-state index is 0. The summed E-state index contributed by atoms with van der Waals surface area (Å²) < 4.78 is 5.54. The molecule has 0 amide bonds. The molecular formula is C24H30ClN3OS. The van der Waals surface area contributed by atoms with E-state index in [-0.39, 0.29) is 12.4 Å². The van der Waals surface area contributed by atoms with Gasteiger partial charge in [-0.05, 0) is 48.9 Å². The second kappa shape index (κ2) is 9.65. The molecule has 2 saturated heterocycles. The lowest BCUT2D eigenvalue weighted by Crippen LogP contribution is -2.46. The van der Waals surface area contributed by atoms with Crippen LogP contribution < -0.4 is 4.90 Å². The molecule has 0 bridgehead atoms. The zero-order valence-electron chi connectivity index (χ0n) is 17.5. The highest BCUT2D eigenvalue weighted by molar-refractivity contribution is 7.15. The normalized spacial score (nSPS) is 18.5. The number of hydrogen-bond acceptors (Lipinski definition) is 5. The predicted octanol–water partition coefficient (Wildman–Crippen LogP) is 5.42. The van der Waals surface area contributed by atoms with E-state index in [4.69, 9.17) is 9.72 Å². The monoisotopic (exact) mass is 443 g/mol. The van der Waals surface area contributed by atoms with E-state index in [1.807, 2.05) is 11.3 Å². The van der Waals surface area contributed by atoms with Crippen LogP contribution in [0.2, 0.25) is 0 Å². The topological polar surface area (TPSA) is 28.6 Å². The molecule has 0 saturated carbocycles. The molecule has 0 atom stereocenters. The number of nitrogens with zero attached hydrogens (tertiary/aromatic N) is 3. The van der Waals surface area contributed by atoms with Gasteiger partial charge in [-0.3, -0.25) is 0 Å². The first kappa shape index (κ1) is 21.6. The second-order valence-electron chi connectivity index (χ2n) is 8.06. The van der Waals surface area contributed by atoms with Crippen LogP contribution in [0.4, 0.5) is 5.82 Å². The molecule has 1 aromatic carbocycles. The summed E-state index contributed by atoms with van der Waals surface area (Å²) >= 11 is 1.92. The Morgan fingerprint density at radius 1 is 1.03 bits per heavy atom. The lowest BCUT2D eigenvalue weighted by molar-refractivity contribution is 0.0860. The summed E-state index contributed by atoms with van der Waals surface area (Å²) in [5.41, 5.74) is 1.11. The van der Waals surface area contributed by atoms with E-state index in [2.05, 4.69) is 59.2 Å². The van der Waals surface area contributed by atoms with Gasteiger partial charge in [0.05, 0.1) is 10.6 Å². The first-order chi connectivity index (χ1) is 14.3. The van der Waals surface area contributed by atoms with E-state index in [0.717, 1.165) is 70.3 Å². The van der Waals surface area contributed by atoms with Crippen molar-refractivity contribution in [2.75, 3.05) is 50.8 Å². The Bertz CT molecular complexity index is 977. The van der Waals surface area contributed by atoms with Crippen LogP contribution in [0.3, 0.4) is 0 Å².